The number of anilines is 1. The molecule has 2 aromatic rings. The summed E-state index contributed by atoms with van der Waals surface area (Å²) in [6.45, 7) is 13.6. The second-order valence-corrected chi connectivity index (χ2v) is 8.71. The molecule has 7 heteroatoms. The lowest BCUT2D eigenvalue weighted by Gasteiger charge is -2.35. The van der Waals surface area contributed by atoms with Crippen molar-refractivity contribution in [1.82, 2.24) is 19.7 Å². The summed E-state index contributed by atoms with van der Waals surface area (Å²) in [6.07, 6.45) is 1.52. The van der Waals surface area contributed by atoms with Gasteiger partial charge in [-0.3, -0.25) is 9.69 Å². The Balaban J connectivity index is 1.26. The molecular weight excluding hydrogens is 378 g/mol. The molecule has 0 spiro atoms. The fourth-order valence-electron chi connectivity index (χ4n) is 4.29. The minimum Gasteiger partial charge on any atom is -0.447 e. The van der Waals surface area contributed by atoms with Gasteiger partial charge < -0.3 is 19.1 Å². The van der Waals surface area contributed by atoms with Crippen molar-refractivity contribution in [1.29, 1.82) is 0 Å². The zero-order valence-electron chi connectivity index (χ0n) is 18.2. The minimum absolute atomic E-state index is 0.0283. The van der Waals surface area contributed by atoms with E-state index in [9.17, 15) is 4.79 Å². The van der Waals surface area contributed by atoms with Gasteiger partial charge in [0.2, 0.25) is 5.89 Å². The third-order valence-electron chi connectivity index (χ3n) is 5.91. The predicted molar refractivity (Wildman–Crippen MR) is 118 cm³/mol. The fourth-order valence-corrected chi connectivity index (χ4v) is 4.29. The summed E-state index contributed by atoms with van der Waals surface area (Å²) in [5, 5.41) is 0. The molecule has 0 saturated carbocycles. The Morgan fingerprint density at radius 2 is 1.63 bits per heavy atom. The molecule has 0 atom stereocenters. The molecule has 1 aromatic heterocycles. The Bertz CT molecular complexity index is 806. The molecule has 0 bridgehead atoms. The largest absolute Gasteiger partial charge is 0.447 e. The van der Waals surface area contributed by atoms with Gasteiger partial charge in [0.05, 0.1) is 6.54 Å². The van der Waals surface area contributed by atoms with Crippen molar-refractivity contribution in [3.63, 3.8) is 0 Å². The van der Waals surface area contributed by atoms with Crippen LogP contribution in [0.1, 0.15) is 30.2 Å². The van der Waals surface area contributed by atoms with Gasteiger partial charge in [0.1, 0.15) is 6.26 Å². The molecule has 0 radical (unpaired) electrons. The molecule has 0 N–H and O–H groups in total. The average molecular weight is 412 g/mol. The first-order chi connectivity index (χ1) is 14.6. The second kappa shape index (κ2) is 9.62. The standard InChI is InChI=1S/C23H33N5O2/c1-19(2)16-25-8-10-26(11-9-25)17-22-24-21(18-30-22)23(29)28-14-12-27(13-15-28)20-6-4-3-5-7-20/h3-7,18-19H,8-17H2,1-2H3. The number of aromatic nitrogens is 1. The van der Waals surface area contributed by atoms with Crippen LogP contribution in [0.3, 0.4) is 0 Å². The van der Waals surface area contributed by atoms with E-state index in [-0.39, 0.29) is 5.91 Å². The van der Waals surface area contributed by atoms with E-state index in [1.54, 1.807) is 0 Å². The van der Waals surface area contributed by atoms with Gasteiger partial charge in [-0.15, -0.1) is 0 Å². The van der Waals surface area contributed by atoms with Crippen LogP contribution in [-0.2, 0) is 6.54 Å². The number of carbonyl (C=O) groups excluding carboxylic acids is 1. The van der Waals surface area contributed by atoms with Gasteiger partial charge in [0.15, 0.2) is 5.69 Å². The number of piperazine rings is 2. The van der Waals surface area contributed by atoms with Gasteiger partial charge in [0.25, 0.3) is 5.91 Å². The molecule has 1 aromatic carbocycles. The third kappa shape index (κ3) is 5.21. The average Bonchev–Trinajstić information content (AvgIpc) is 3.23. The number of para-hydroxylation sites is 1. The molecular formula is C23H33N5O2. The summed E-state index contributed by atoms with van der Waals surface area (Å²) >= 11 is 0. The summed E-state index contributed by atoms with van der Waals surface area (Å²) in [5.41, 5.74) is 1.64. The van der Waals surface area contributed by atoms with Crippen LogP contribution in [0.5, 0.6) is 0 Å². The summed E-state index contributed by atoms with van der Waals surface area (Å²) in [6, 6.07) is 10.4. The van der Waals surface area contributed by atoms with Gasteiger partial charge in [-0.05, 0) is 18.1 Å². The summed E-state index contributed by atoms with van der Waals surface area (Å²) in [7, 11) is 0. The first-order valence-electron chi connectivity index (χ1n) is 11.1. The maximum Gasteiger partial charge on any atom is 0.275 e. The lowest BCUT2D eigenvalue weighted by atomic mass is 10.2. The zero-order chi connectivity index (χ0) is 20.9. The quantitative estimate of drug-likeness (QED) is 0.728. The third-order valence-corrected chi connectivity index (χ3v) is 5.91. The highest BCUT2D eigenvalue weighted by Crippen LogP contribution is 2.17. The molecule has 3 heterocycles. The molecule has 4 rings (SSSR count). The number of hydrogen-bond donors (Lipinski definition) is 0. The number of benzene rings is 1. The fraction of sp³-hybridized carbons (Fsp3) is 0.565. The van der Waals surface area contributed by atoms with Crippen LogP contribution in [0.25, 0.3) is 0 Å². The van der Waals surface area contributed by atoms with Crippen molar-refractivity contribution >= 4 is 11.6 Å². The molecule has 0 aliphatic carbocycles. The first-order valence-corrected chi connectivity index (χ1v) is 11.1. The number of carbonyl (C=O) groups is 1. The normalized spacial score (nSPS) is 18.9. The summed E-state index contributed by atoms with van der Waals surface area (Å²) < 4.78 is 5.64. The van der Waals surface area contributed by atoms with Crippen molar-refractivity contribution in [2.24, 2.45) is 5.92 Å². The molecule has 2 aliphatic rings. The highest BCUT2D eigenvalue weighted by Gasteiger charge is 2.25. The van der Waals surface area contributed by atoms with E-state index in [1.807, 2.05) is 23.1 Å². The Morgan fingerprint density at radius 3 is 2.30 bits per heavy atom. The van der Waals surface area contributed by atoms with E-state index in [1.165, 1.54) is 12.0 Å². The SMILES string of the molecule is CC(C)CN1CCN(Cc2nc(C(=O)N3CCN(c4ccccc4)CC3)co2)CC1. The highest BCUT2D eigenvalue weighted by molar-refractivity contribution is 5.92. The van der Waals surface area contributed by atoms with Gasteiger partial charge in [-0.2, -0.15) is 0 Å². The van der Waals surface area contributed by atoms with Gasteiger partial charge in [0, 0.05) is 64.6 Å². The monoisotopic (exact) mass is 411 g/mol. The Kier molecular flexibility index (Phi) is 6.69. The van der Waals surface area contributed by atoms with Crippen LogP contribution in [0.2, 0.25) is 0 Å². The molecule has 2 fully saturated rings. The van der Waals surface area contributed by atoms with Gasteiger partial charge in [-0.25, -0.2) is 4.98 Å². The van der Waals surface area contributed by atoms with Crippen LogP contribution in [0.15, 0.2) is 41.0 Å². The van der Waals surface area contributed by atoms with Crippen LogP contribution in [0, 0.1) is 5.92 Å². The Morgan fingerprint density at radius 1 is 0.967 bits per heavy atom. The lowest BCUT2D eigenvalue weighted by molar-refractivity contribution is 0.0740. The molecule has 30 heavy (non-hydrogen) atoms. The number of oxazole rings is 1. The molecule has 2 aliphatic heterocycles. The van der Waals surface area contributed by atoms with Crippen LogP contribution in [0.4, 0.5) is 5.69 Å². The molecule has 1 amide bonds. The minimum atomic E-state index is -0.0283. The summed E-state index contributed by atoms with van der Waals surface area (Å²) in [4.78, 5) is 26.4. The highest BCUT2D eigenvalue weighted by atomic mass is 16.3. The molecule has 0 unspecified atom stereocenters. The van der Waals surface area contributed by atoms with E-state index >= 15 is 0 Å². The van der Waals surface area contributed by atoms with Crippen molar-refractivity contribution in [2.45, 2.75) is 20.4 Å². The van der Waals surface area contributed by atoms with E-state index in [0.29, 0.717) is 37.1 Å². The second-order valence-electron chi connectivity index (χ2n) is 8.71. The van der Waals surface area contributed by atoms with Gasteiger partial charge >= 0.3 is 0 Å². The van der Waals surface area contributed by atoms with Crippen LogP contribution in [-0.4, -0.2) is 84.5 Å². The smallest absolute Gasteiger partial charge is 0.275 e. The van der Waals surface area contributed by atoms with E-state index in [4.69, 9.17) is 4.42 Å². The van der Waals surface area contributed by atoms with Crippen molar-refractivity contribution in [2.75, 3.05) is 63.8 Å². The number of amides is 1. The lowest BCUT2D eigenvalue weighted by Crippen LogP contribution is -2.49. The number of nitrogens with zero attached hydrogens (tertiary/aromatic N) is 5. The van der Waals surface area contributed by atoms with Crippen molar-refractivity contribution in [3.05, 3.63) is 48.2 Å². The number of rotatable bonds is 6. The molecule has 7 nitrogen and oxygen atoms in total. The van der Waals surface area contributed by atoms with Crippen LogP contribution >= 0.6 is 0 Å². The Labute approximate surface area is 179 Å². The van der Waals surface area contributed by atoms with E-state index < -0.39 is 0 Å². The van der Waals surface area contributed by atoms with E-state index in [0.717, 1.165) is 45.8 Å². The van der Waals surface area contributed by atoms with Crippen LogP contribution < -0.4 is 4.90 Å². The van der Waals surface area contributed by atoms with Crippen molar-refractivity contribution < 1.29 is 9.21 Å². The Hall–Kier alpha value is -2.38. The predicted octanol–water partition coefficient (Wildman–Crippen LogP) is 2.41. The van der Waals surface area contributed by atoms with Gasteiger partial charge in [-0.1, -0.05) is 32.0 Å². The summed E-state index contributed by atoms with van der Waals surface area (Å²) in [5.74, 6) is 1.31. The topological polar surface area (TPSA) is 56.1 Å². The molecule has 2 saturated heterocycles. The maximum absolute atomic E-state index is 12.9. The zero-order valence-corrected chi connectivity index (χ0v) is 18.2. The number of hydrogen-bond acceptors (Lipinski definition) is 6. The van der Waals surface area contributed by atoms with Crippen molar-refractivity contribution in [3.8, 4) is 0 Å². The first kappa shape index (κ1) is 20.9. The maximum atomic E-state index is 12.9. The molecule has 162 valence electrons. The van der Waals surface area contributed by atoms with E-state index in [2.05, 4.69) is 45.7 Å².